The van der Waals surface area contributed by atoms with E-state index in [1.54, 1.807) is 51.1 Å². The molecule has 0 fully saturated rings. The van der Waals surface area contributed by atoms with Crippen LogP contribution in [0.2, 0.25) is 0 Å². The van der Waals surface area contributed by atoms with Crippen LogP contribution in [0.15, 0.2) is 59.5 Å². The highest BCUT2D eigenvalue weighted by Gasteiger charge is 2.22. The fourth-order valence-electron chi connectivity index (χ4n) is 2.29. The zero-order valence-electron chi connectivity index (χ0n) is 16.3. The molecule has 0 saturated heterocycles. The van der Waals surface area contributed by atoms with Gasteiger partial charge in [-0.3, -0.25) is 0 Å². The molecule has 1 atom stereocenters. The molecule has 8 heteroatoms. The summed E-state index contributed by atoms with van der Waals surface area (Å²) in [7, 11) is -2.40. The van der Waals surface area contributed by atoms with E-state index < -0.39 is 27.9 Å². The molecule has 152 valence electrons. The van der Waals surface area contributed by atoms with Crippen LogP contribution in [0.25, 0.3) is 0 Å². The maximum Gasteiger partial charge on any atom is 0.410 e. The Labute approximate surface area is 165 Å². The van der Waals surface area contributed by atoms with Gasteiger partial charge in [-0.2, -0.15) is 8.42 Å². The second-order valence-corrected chi connectivity index (χ2v) is 8.84. The molecule has 2 aromatic rings. The summed E-state index contributed by atoms with van der Waals surface area (Å²) in [5.74, 6) is 0.125. The first-order valence-electron chi connectivity index (χ1n) is 8.69. The smallest absolute Gasteiger partial charge is 0.410 e. The van der Waals surface area contributed by atoms with Gasteiger partial charge in [0.1, 0.15) is 16.2 Å². The lowest BCUT2D eigenvalue weighted by molar-refractivity contribution is 0.0205. The largest absolute Gasteiger partial charge is 0.444 e. The van der Waals surface area contributed by atoms with Crippen molar-refractivity contribution in [1.29, 1.82) is 0 Å². The van der Waals surface area contributed by atoms with Gasteiger partial charge in [0.25, 0.3) is 0 Å². The van der Waals surface area contributed by atoms with Gasteiger partial charge in [-0.25, -0.2) is 4.79 Å². The Kier molecular flexibility index (Phi) is 6.69. The van der Waals surface area contributed by atoms with Crippen molar-refractivity contribution in [2.24, 2.45) is 0 Å². The van der Waals surface area contributed by atoms with E-state index in [1.165, 1.54) is 36.2 Å². The lowest BCUT2D eigenvalue weighted by atomic mass is 10.1. The highest BCUT2D eigenvalue weighted by Crippen LogP contribution is 2.22. The third-order valence-electron chi connectivity index (χ3n) is 3.65. The third kappa shape index (κ3) is 6.24. The number of rotatable bonds is 6. The number of carbonyl (C=O) groups is 1. The molecule has 7 nitrogen and oxygen atoms in total. The minimum Gasteiger partial charge on any atom is -0.444 e. The molecule has 0 saturated carbocycles. The van der Waals surface area contributed by atoms with Crippen molar-refractivity contribution in [3.05, 3.63) is 60.2 Å². The summed E-state index contributed by atoms with van der Waals surface area (Å²) in [6.45, 7) is 5.31. The van der Waals surface area contributed by atoms with Gasteiger partial charge in [0.2, 0.25) is 0 Å². The summed E-state index contributed by atoms with van der Waals surface area (Å²) in [6, 6.07) is 13.8. The first-order chi connectivity index (χ1) is 13.0. The van der Waals surface area contributed by atoms with E-state index in [-0.39, 0.29) is 17.2 Å². The molecule has 0 bridgehead atoms. The Morgan fingerprint density at radius 2 is 1.64 bits per heavy atom. The van der Waals surface area contributed by atoms with Gasteiger partial charge in [0.05, 0.1) is 12.6 Å². The molecule has 2 rings (SSSR count). The summed E-state index contributed by atoms with van der Waals surface area (Å²) in [5, 5.41) is 10.3. The summed E-state index contributed by atoms with van der Waals surface area (Å²) in [4.78, 5) is 13.3. The topological polar surface area (TPSA) is 93.1 Å². The van der Waals surface area contributed by atoms with Crippen LogP contribution in [-0.4, -0.2) is 43.7 Å². The van der Waals surface area contributed by atoms with Gasteiger partial charge in [-0.05, 0) is 50.6 Å². The molecule has 0 aromatic heterocycles. The maximum absolute atomic E-state index is 12.2. The molecular weight excluding hydrogens is 382 g/mol. The first-order valence-corrected chi connectivity index (χ1v) is 10.1. The average Bonchev–Trinajstić information content (AvgIpc) is 2.61. The molecule has 1 N–H and O–H groups in total. The Morgan fingerprint density at radius 3 is 2.18 bits per heavy atom. The van der Waals surface area contributed by atoms with E-state index in [0.717, 1.165) is 0 Å². The van der Waals surface area contributed by atoms with Gasteiger partial charge in [-0.15, -0.1) is 0 Å². The lowest BCUT2D eigenvalue weighted by Gasteiger charge is -2.26. The van der Waals surface area contributed by atoms with Crippen molar-refractivity contribution in [1.82, 2.24) is 4.90 Å². The second kappa shape index (κ2) is 8.62. The number of likely N-dealkylation sites (N-methyl/N-ethyl adjacent to an activating group) is 1. The quantitative estimate of drug-likeness (QED) is 0.738. The molecule has 0 spiro atoms. The van der Waals surface area contributed by atoms with Crippen molar-refractivity contribution in [3.63, 3.8) is 0 Å². The van der Waals surface area contributed by atoms with Gasteiger partial charge in [-0.1, -0.05) is 30.3 Å². The molecule has 1 amide bonds. The minimum absolute atomic E-state index is 0.0252. The normalized spacial score (nSPS) is 12.9. The Hall–Kier alpha value is -2.58. The number of amides is 1. The Bertz CT molecular complexity index is 889. The predicted octanol–water partition coefficient (Wildman–Crippen LogP) is 3.35. The number of hydrogen-bond donors (Lipinski definition) is 1. The molecule has 28 heavy (non-hydrogen) atoms. The van der Waals surface area contributed by atoms with E-state index in [0.29, 0.717) is 5.56 Å². The van der Waals surface area contributed by atoms with Crippen molar-refractivity contribution in [2.45, 2.75) is 37.4 Å². The number of aliphatic hydroxyl groups is 1. The molecule has 0 aliphatic carbocycles. The highest BCUT2D eigenvalue weighted by molar-refractivity contribution is 7.87. The van der Waals surface area contributed by atoms with Crippen LogP contribution in [0.3, 0.4) is 0 Å². The van der Waals surface area contributed by atoms with Crippen molar-refractivity contribution in [3.8, 4) is 5.75 Å². The van der Waals surface area contributed by atoms with Crippen LogP contribution >= 0.6 is 0 Å². The fraction of sp³-hybridized carbons (Fsp3) is 0.350. The van der Waals surface area contributed by atoms with Crippen molar-refractivity contribution in [2.75, 3.05) is 13.6 Å². The van der Waals surface area contributed by atoms with Gasteiger partial charge >= 0.3 is 16.2 Å². The Balaban J connectivity index is 2.01. The summed E-state index contributed by atoms with van der Waals surface area (Å²) in [6.07, 6.45) is -1.50. The molecular formula is C20H25NO6S. The monoisotopic (exact) mass is 407 g/mol. The van der Waals surface area contributed by atoms with Crippen LogP contribution in [0.4, 0.5) is 4.79 Å². The molecule has 0 heterocycles. The van der Waals surface area contributed by atoms with Gasteiger partial charge in [0, 0.05) is 7.05 Å². The SMILES string of the molecule is CN(CC(O)c1ccc(OS(=O)(=O)c2ccccc2)cc1)C(=O)OC(C)(C)C. The summed E-state index contributed by atoms with van der Waals surface area (Å²) < 4.78 is 34.8. The first kappa shape index (κ1) is 21.7. The third-order valence-corrected chi connectivity index (χ3v) is 4.92. The molecule has 0 radical (unpaired) electrons. The average molecular weight is 407 g/mol. The zero-order chi connectivity index (χ0) is 20.9. The van der Waals surface area contributed by atoms with Crippen LogP contribution in [0, 0.1) is 0 Å². The van der Waals surface area contributed by atoms with E-state index in [2.05, 4.69) is 0 Å². The van der Waals surface area contributed by atoms with Crippen LogP contribution in [0.5, 0.6) is 5.75 Å². The zero-order valence-corrected chi connectivity index (χ0v) is 17.1. The number of aliphatic hydroxyl groups excluding tert-OH is 1. The number of ether oxygens (including phenoxy) is 1. The van der Waals surface area contributed by atoms with E-state index in [1.807, 2.05) is 0 Å². The van der Waals surface area contributed by atoms with Crippen molar-refractivity contribution >= 4 is 16.2 Å². The minimum atomic E-state index is -3.93. The van der Waals surface area contributed by atoms with Gasteiger partial charge < -0.3 is 18.9 Å². The molecule has 2 aromatic carbocycles. The van der Waals surface area contributed by atoms with Crippen molar-refractivity contribution < 1.29 is 27.2 Å². The standard InChI is InChI=1S/C20H25NO6S/c1-20(2,3)26-19(23)21(4)14-18(22)15-10-12-16(13-11-15)27-28(24,25)17-8-6-5-7-9-17/h5-13,18,22H,14H2,1-4H3. The number of carbonyl (C=O) groups excluding carboxylic acids is 1. The Morgan fingerprint density at radius 1 is 1.07 bits per heavy atom. The molecule has 1 unspecified atom stereocenters. The molecule has 0 aliphatic rings. The van der Waals surface area contributed by atoms with Gasteiger partial charge in [0.15, 0.2) is 0 Å². The number of hydrogen-bond acceptors (Lipinski definition) is 6. The number of nitrogens with zero attached hydrogens (tertiary/aromatic N) is 1. The highest BCUT2D eigenvalue weighted by atomic mass is 32.2. The maximum atomic E-state index is 12.2. The van der Waals surface area contributed by atoms with Crippen LogP contribution < -0.4 is 4.18 Å². The van der Waals surface area contributed by atoms with Crippen LogP contribution in [-0.2, 0) is 14.9 Å². The number of benzene rings is 2. The van der Waals surface area contributed by atoms with E-state index >= 15 is 0 Å². The lowest BCUT2D eigenvalue weighted by Crippen LogP contribution is -2.36. The predicted molar refractivity (Wildman–Crippen MR) is 105 cm³/mol. The van der Waals surface area contributed by atoms with E-state index in [9.17, 15) is 18.3 Å². The second-order valence-electron chi connectivity index (χ2n) is 7.30. The summed E-state index contributed by atoms with van der Waals surface area (Å²) >= 11 is 0. The fourth-order valence-corrected chi connectivity index (χ4v) is 3.24. The molecule has 0 aliphatic heterocycles. The van der Waals surface area contributed by atoms with E-state index in [4.69, 9.17) is 8.92 Å². The van der Waals surface area contributed by atoms with Crippen LogP contribution in [0.1, 0.15) is 32.4 Å². The summed E-state index contributed by atoms with van der Waals surface area (Å²) in [5.41, 5.74) is -0.112.